The molecule has 1 amide bonds. The van der Waals surface area contributed by atoms with Gasteiger partial charge in [0.1, 0.15) is 4.88 Å². The summed E-state index contributed by atoms with van der Waals surface area (Å²) >= 11 is 7.42. The van der Waals surface area contributed by atoms with Crippen molar-refractivity contribution in [3.63, 3.8) is 0 Å². The predicted octanol–water partition coefficient (Wildman–Crippen LogP) is 2.96. The average molecular weight is 324 g/mol. The van der Waals surface area contributed by atoms with Gasteiger partial charge < -0.3 is 16.0 Å². The van der Waals surface area contributed by atoms with Crippen LogP contribution in [0.5, 0.6) is 0 Å². The molecule has 3 N–H and O–H groups in total. The number of thiophene rings is 1. The third kappa shape index (κ3) is 3.00. The van der Waals surface area contributed by atoms with Crippen LogP contribution in [0.25, 0.3) is 10.1 Å². The lowest BCUT2D eigenvalue weighted by Gasteiger charge is -2.29. The summed E-state index contributed by atoms with van der Waals surface area (Å²) in [4.78, 5) is 15.3. The molecule has 1 aliphatic heterocycles. The molecule has 21 heavy (non-hydrogen) atoms. The number of halogens is 1. The van der Waals surface area contributed by atoms with E-state index < -0.39 is 0 Å². The van der Waals surface area contributed by atoms with Crippen LogP contribution in [0.4, 0.5) is 5.69 Å². The van der Waals surface area contributed by atoms with Crippen molar-refractivity contribution in [1.29, 1.82) is 0 Å². The first-order chi connectivity index (χ1) is 10.0. The molecule has 2 aromatic rings. The normalized spacial score (nSPS) is 17.2. The molecule has 1 fully saturated rings. The van der Waals surface area contributed by atoms with Gasteiger partial charge in [-0.2, -0.15) is 0 Å². The lowest BCUT2D eigenvalue weighted by atomic mass is 10.1. The number of rotatable bonds is 2. The molecule has 2 heterocycles. The molecule has 4 nitrogen and oxygen atoms in total. The van der Waals surface area contributed by atoms with Crippen LogP contribution in [0.1, 0.15) is 22.5 Å². The van der Waals surface area contributed by atoms with Gasteiger partial charge in [0.25, 0.3) is 5.91 Å². The van der Waals surface area contributed by atoms with Crippen LogP contribution < -0.4 is 11.1 Å². The van der Waals surface area contributed by atoms with Crippen LogP contribution >= 0.6 is 22.9 Å². The van der Waals surface area contributed by atoms with Gasteiger partial charge in [0.05, 0.1) is 5.69 Å². The van der Waals surface area contributed by atoms with Gasteiger partial charge in [0.15, 0.2) is 0 Å². The number of hydrogen-bond acceptors (Lipinski definition) is 4. The molecule has 0 radical (unpaired) electrons. The number of fused-ring (bicyclic) bond motifs is 1. The molecule has 0 atom stereocenters. The van der Waals surface area contributed by atoms with Crippen molar-refractivity contribution in [2.45, 2.75) is 18.9 Å². The molecule has 0 aliphatic carbocycles. The molecule has 112 valence electrons. The highest BCUT2D eigenvalue weighted by molar-refractivity contribution is 7.21. The number of amides is 1. The Morgan fingerprint density at radius 3 is 2.86 bits per heavy atom. The van der Waals surface area contributed by atoms with Crippen molar-refractivity contribution in [3.05, 3.63) is 28.1 Å². The number of nitrogens with zero attached hydrogens (tertiary/aromatic N) is 1. The average Bonchev–Trinajstić information content (AvgIpc) is 2.79. The molecule has 1 aliphatic rings. The van der Waals surface area contributed by atoms with Gasteiger partial charge in [-0.05, 0) is 51.2 Å². The first kappa shape index (κ1) is 14.6. The largest absolute Gasteiger partial charge is 0.397 e. The predicted molar refractivity (Wildman–Crippen MR) is 89.2 cm³/mol. The molecular weight excluding hydrogens is 306 g/mol. The lowest BCUT2D eigenvalue weighted by molar-refractivity contribution is 0.0922. The fourth-order valence-corrected chi connectivity index (χ4v) is 3.84. The number of hydrogen-bond donors (Lipinski definition) is 2. The summed E-state index contributed by atoms with van der Waals surface area (Å²) in [5, 5.41) is 4.60. The summed E-state index contributed by atoms with van der Waals surface area (Å²) in [5.41, 5.74) is 6.65. The standard InChI is InChI=1S/C15H18ClN3OS/c1-19-6-4-10(5-7-19)18-15(20)14-13(17)11-8-9(16)2-3-12(11)21-14/h2-3,8,10H,4-7,17H2,1H3,(H,18,20). The molecule has 0 unspecified atom stereocenters. The van der Waals surface area contributed by atoms with Crippen LogP contribution in [-0.2, 0) is 0 Å². The summed E-state index contributed by atoms with van der Waals surface area (Å²) < 4.78 is 0.991. The Kier molecular flexibility index (Phi) is 4.06. The number of carbonyl (C=O) groups excluding carboxylic acids is 1. The SMILES string of the molecule is CN1CCC(NC(=O)c2sc3ccc(Cl)cc3c2N)CC1. The minimum absolute atomic E-state index is 0.0700. The summed E-state index contributed by atoms with van der Waals surface area (Å²) in [6.07, 6.45) is 1.97. The van der Waals surface area contributed by atoms with Gasteiger partial charge in [0, 0.05) is 21.2 Å². The van der Waals surface area contributed by atoms with Gasteiger partial charge in [-0.25, -0.2) is 0 Å². The quantitative estimate of drug-likeness (QED) is 0.893. The topological polar surface area (TPSA) is 58.4 Å². The van der Waals surface area contributed by atoms with Crippen molar-refractivity contribution < 1.29 is 4.79 Å². The Balaban J connectivity index is 1.80. The first-order valence-corrected chi connectivity index (χ1v) is 8.21. The fraction of sp³-hybridized carbons (Fsp3) is 0.400. The van der Waals surface area contributed by atoms with Crippen LogP contribution in [-0.4, -0.2) is 37.0 Å². The Morgan fingerprint density at radius 2 is 2.14 bits per heavy atom. The maximum absolute atomic E-state index is 12.4. The Hall–Kier alpha value is -1.30. The second-order valence-electron chi connectivity index (χ2n) is 5.54. The van der Waals surface area contributed by atoms with Crippen molar-refractivity contribution in [2.75, 3.05) is 25.9 Å². The van der Waals surface area contributed by atoms with E-state index in [4.69, 9.17) is 17.3 Å². The third-order valence-corrected chi connectivity index (χ3v) is 5.37. The lowest BCUT2D eigenvalue weighted by Crippen LogP contribution is -2.43. The number of piperidine rings is 1. The number of likely N-dealkylation sites (tertiary alicyclic amines) is 1. The number of benzene rings is 1. The Morgan fingerprint density at radius 1 is 1.43 bits per heavy atom. The number of anilines is 1. The van der Waals surface area contributed by atoms with Crippen molar-refractivity contribution >= 4 is 44.6 Å². The smallest absolute Gasteiger partial charge is 0.263 e. The zero-order valence-electron chi connectivity index (χ0n) is 11.9. The zero-order valence-corrected chi connectivity index (χ0v) is 13.4. The van der Waals surface area contributed by atoms with E-state index in [9.17, 15) is 4.79 Å². The fourth-order valence-electron chi connectivity index (χ4n) is 2.66. The van der Waals surface area contributed by atoms with E-state index in [1.54, 1.807) is 0 Å². The number of nitrogens with one attached hydrogen (secondary N) is 1. The van der Waals surface area contributed by atoms with E-state index in [0.717, 1.165) is 36.0 Å². The van der Waals surface area contributed by atoms with E-state index in [1.165, 1.54) is 11.3 Å². The van der Waals surface area contributed by atoms with Crippen molar-refractivity contribution in [1.82, 2.24) is 10.2 Å². The maximum atomic E-state index is 12.4. The first-order valence-electron chi connectivity index (χ1n) is 7.01. The summed E-state index contributed by atoms with van der Waals surface area (Å²) in [7, 11) is 2.10. The number of nitrogens with two attached hydrogens (primary N) is 1. The monoisotopic (exact) mass is 323 g/mol. The van der Waals surface area contributed by atoms with E-state index in [1.807, 2.05) is 18.2 Å². The summed E-state index contributed by atoms with van der Waals surface area (Å²) in [5.74, 6) is -0.0700. The van der Waals surface area contributed by atoms with Gasteiger partial charge in [-0.1, -0.05) is 11.6 Å². The van der Waals surface area contributed by atoms with E-state index in [0.29, 0.717) is 15.6 Å². The number of carbonyl (C=O) groups is 1. The molecule has 1 aromatic heterocycles. The molecule has 6 heteroatoms. The highest BCUT2D eigenvalue weighted by atomic mass is 35.5. The molecule has 0 saturated carbocycles. The summed E-state index contributed by atoms with van der Waals surface area (Å²) in [6.45, 7) is 2.03. The maximum Gasteiger partial charge on any atom is 0.263 e. The zero-order chi connectivity index (χ0) is 15.0. The van der Waals surface area contributed by atoms with Crippen LogP contribution in [0, 0.1) is 0 Å². The molecule has 1 aromatic carbocycles. The second-order valence-corrected chi connectivity index (χ2v) is 7.02. The van der Waals surface area contributed by atoms with Crippen molar-refractivity contribution in [3.8, 4) is 0 Å². The highest BCUT2D eigenvalue weighted by Gasteiger charge is 2.22. The minimum Gasteiger partial charge on any atom is -0.397 e. The van der Waals surface area contributed by atoms with Crippen molar-refractivity contribution in [2.24, 2.45) is 0 Å². The van der Waals surface area contributed by atoms with Crippen LogP contribution in [0.15, 0.2) is 18.2 Å². The Labute approximate surface area is 132 Å². The van der Waals surface area contributed by atoms with Gasteiger partial charge >= 0.3 is 0 Å². The van der Waals surface area contributed by atoms with E-state index >= 15 is 0 Å². The summed E-state index contributed by atoms with van der Waals surface area (Å²) in [6, 6.07) is 5.78. The van der Waals surface area contributed by atoms with Gasteiger partial charge in [-0.15, -0.1) is 11.3 Å². The van der Waals surface area contributed by atoms with E-state index in [-0.39, 0.29) is 11.9 Å². The van der Waals surface area contributed by atoms with Gasteiger partial charge in [0.2, 0.25) is 0 Å². The Bertz CT molecular complexity index is 677. The van der Waals surface area contributed by atoms with E-state index in [2.05, 4.69) is 17.3 Å². The molecular formula is C15H18ClN3OS. The minimum atomic E-state index is -0.0700. The molecule has 1 saturated heterocycles. The third-order valence-electron chi connectivity index (χ3n) is 3.95. The molecule has 3 rings (SSSR count). The molecule has 0 bridgehead atoms. The molecule has 0 spiro atoms. The second kappa shape index (κ2) is 5.83. The van der Waals surface area contributed by atoms with Gasteiger partial charge in [-0.3, -0.25) is 4.79 Å². The number of nitrogen functional groups attached to an aromatic ring is 1. The van der Waals surface area contributed by atoms with Crippen LogP contribution in [0.3, 0.4) is 0 Å². The van der Waals surface area contributed by atoms with Crippen LogP contribution in [0.2, 0.25) is 5.02 Å². The highest BCUT2D eigenvalue weighted by Crippen LogP contribution is 2.35.